The van der Waals surface area contributed by atoms with Crippen LogP contribution in [0.15, 0.2) is 59.0 Å². The summed E-state index contributed by atoms with van der Waals surface area (Å²) in [5.41, 5.74) is 0.779. The van der Waals surface area contributed by atoms with Gasteiger partial charge in [-0.25, -0.2) is 0 Å². The summed E-state index contributed by atoms with van der Waals surface area (Å²) in [4.78, 5) is 0. The molecule has 0 saturated carbocycles. The minimum absolute atomic E-state index is 0.137. The number of anilines is 1. The van der Waals surface area contributed by atoms with Gasteiger partial charge in [-0.05, 0) is 29.7 Å². The predicted octanol–water partition coefficient (Wildman–Crippen LogP) is 6.06. The number of nitrogens with one attached hydrogen (secondary N) is 1. The second-order valence-corrected chi connectivity index (χ2v) is 6.44. The number of rotatable bonds is 5. The van der Waals surface area contributed by atoms with E-state index in [0.29, 0.717) is 12.2 Å². The van der Waals surface area contributed by atoms with Crippen molar-refractivity contribution in [2.45, 2.75) is 25.4 Å². The van der Waals surface area contributed by atoms with Crippen molar-refractivity contribution in [1.82, 2.24) is 0 Å². The monoisotopic (exact) mass is 375 g/mol. The van der Waals surface area contributed by atoms with Gasteiger partial charge in [-0.15, -0.1) is 0 Å². The van der Waals surface area contributed by atoms with Gasteiger partial charge < -0.3 is 14.8 Å². The van der Waals surface area contributed by atoms with E-state index < -0.39 is 11.7 Å². The number of alkyl halides is 3. The Bertz CT molecular complexity index is 917. The van der Waals surface area contributed by atoms with Crippen molar-refractivity contribution in [3.05, 3.63) is 71.5 Å². The van der Waals surface area contributed by atoms with Crippen LogP contribution in [0, 0.1) is 0 Å². The van der Waals surface area contributed by atoms with Crippen LogP contribution in [0.1, 0.15) is 29.7 Å². The van der Waals surface area contributed by atoms with Gasteiger partial charge in [-0.1, -0.05) is 49.4 Å². The second kappa shape index (κ2) is 7.39. The van der Waals surface area contributed by atoms with Crippen LogP contribution in [0.4, 0.5) is 19.1 Å². The maximum absolute atomic E-state index is 13.0. The Labute approximate surface area is 155 Å². The molecule has 3 aromatic rings. The Morgan fingerprint density at radius 3 is 2.41 bits per heavy atom. The molecule has 0 fully saturated rings. The zero-order valence-electron chi connectivity index (χ0n) is 15.0. The summed E-state index contributed by atoms with van der Waals surface area (Å²) in [5.74, 6) is 0.290. The van der Waals surface area contributed by atoms with E-state index in [1.54, 1.807) is 7.05 Å². The fraction of sp³-hybridized carbons (Fsp3) is 0.238. The van der Waals surface area contributed by atoms with Crippen LogP contribution >= 0.6 is 0 Å². The molecule has 0 amide bonds. The molecule has 2 aromatic carbocycles. The Kier molecular flexibility index (Phi) is 5.17. The Hall–Kier alpha value is -2.89. The Balaban J connectivity index is 2.00. The molecule has 0 aliphatic heterocycles. The molecule has 3 nitrogen and oxygen atoms in total. The molecule has 27 heavy (non-hydrogen) atoms. The molecule has 1 aromatic heterocycles. The number of halogens is 3. The average Bonchev–Trinajstić information content (AvgIpc) is 2.98. The third-order valence-corrected chi connectivity index (χ3v) is 4.45. The first-order valence-electron chi connectivity index (χ1n) is 8.56. The van der Waals surface area contributed by atoms with Crippen molar-refractivity contribution < 1.29 is 22.7 Å². The number of benzene rings is 2. The van der Waals surface area contributed by atoms with Gasteiger partial charge in [-0.2, -0.15) is 13.2 Å². The first kappa shape index (κ1) is 18.9. The maximum atomic E-state index is 13.0. The largest absolute Gasteiger partial charge is 0.504 e. The summed E-state index contributed by atoms with van der Waals surface area (Å²) in [5, 5.41) is 13.5. The molecule has 0 spiro atoms. The number of hydrogen-bond acceptors (Lipinski definition) is 3. The summed E-state index contributed by atoms with van der Waals surface area (Å²) < 4.78 is 44.9. The second-order valence-electron chi connectivity index (χ2n) is 6.44. The number of hydrogen-bond donors (Lipinski definition) is 2. The summed E-state index contributed by atoms with van der Waals surface area (Å²) in [7, 11) is 1.60. The minimum Gasteiger partial charge on any atom is -0.504 e. The summed E-state index contributed by atoms with van der Waals surface area (Å²) in [6, 6.07) is 14.6. The lowest BCUT2D eigenvalue weighted by Gasteiger charge is -2.10. The van der Waals surface area contributed by atoms with Crippen LogP contribution in [0.2, 0.25) is 0 Å². The van der Waals surface area contributed by atoms with Crippen molar-refractivity contribution in [2.75, 3.05) is 12.4 Å². The van der Waals surface area contributed by atoms with Crippen molar-refractivity contribution in [3.63, 3.8) is 0 Å². The molecule has 1 unspecified atom stereocenters. The molecule has 2 N–H and O–H groups in total. The van der Waals surface area contributed by atoms with Gasteiger partial charge in [0.1, 0.15) is 0 Å². The van der Waals surface area contributed by atoms with Crippen LogP contribution in [0.5, 0.6) is 5.75 Å². The highest BCUT2D eigenvalue weighted by atomic mass is 19.4. The zero-order valence-corrected chi connectivity index (χ0v) is 15.0. The predicted molar refractivity (Wildman–Crippen MR) is 98.9 cm³/mol. The van der Waals surface area contributed by atoms with Crippen molar-refractivity contribution >= 4 is 5.88 Å². The Morgan fingerprint density at radius 2 is 1.78 bits per heavy atom. The molecule has 1 atom stereocenters. The first-order chi connectivity index (χ1) is 12.8. The van der Waals surface area contributed by atoms with Gasteiger partial charge >= 0.3 is 6.18 Å². The van der Waals surface area contributed by atoms with Gasteiger partial charge in [0.15, 0.2) is 11.5 Å². The lowest BCUT2D eigenvalue weighted by molar-refractivity contribution is -0.137. The van der Waals surface area contributed by atoms with E-state index in [1.165, 1.54) is 12.1 Å². The van der Waals surface area contributed by atoms with Crippen LogP contribution in [-0.4, -0.2) is 12.2 Å². The van der Waals surface area contributed by atoms with E-state index in [9.17, 15) is 18.3 Å². The Morgan fingerprint density at radius 1 is 1.07 bits per heavy atom. The topological polar surface area (TPSA) is 45.4 Å². The summed E-state index contributed by atoms with van der Waals surface area (Å²) in [6.07, 6.45) is -3.83. The highest BCUT2D eigenvalue weighted by molar-refractivity contribution is 5.81. The van der Waals surface area contributed by atoms with Crippen LogP contribution < -0.4 is 5.32 Å². The van der Waals surface area contributed by atoms with Crippen molar-refractivity contribution in [3.8, 4) is 16.9 Å². The first-order valence-corrected chi connectivity index (χ1v) is 8.56. The summed E-state index contributed by atoms with van der Waals surface area (Å²) in [6.45, 7) is 1.90. The standard InChI is InChI=1S/C21H20F3NO2/c1-13(11-14-7-4-3-5-8-14)19-18(26)17(20(25-2)27-19)15-9-6-10-16(12-15)21(22,23)24/h3-10,12-13,25-26H,11H2,1-2H3. The van der Waals surface area contributed by atoms with Crippen LogP contribution in [0.3, 0.4) is 0 Å². The quantitative estimate of drug-likeness (QED) is 0.570. The third kappa shape index (κ3) is 3.94. The molecule has 0 aliphatic rings. The van der Waals surface area contributed by atoms with Crippen molar-refractivity contribution in [2.24, 2.45) is 0 Å². The van der Waals surface area contributed by atoms with Gasteiger partial charge in [-0.3, -0.25) is 0 Å². The van der Waals surface area contributed by atoms with Gasteiger partial charge in [0.2, 0.25) is 5.88 Å². The van der Waals surface area contributed by atoms with Crippen LogP contribution in [0.25, 0.3) is 11.1 Å². The maximum Gasteiger partial charge on any atom is 0.416 e. The number of furan rings is 1. The van der Waals surface area contributed by atoms with Crippen molar-refractivity contribution in [1.29, 1.82) is 0 Å². The zero-order chi connectivity index (χ0) is 19.6. The van der Waals surface area contributed by atoms with E-state index in [0.717, 1.165) is 17.7 Å². The average molecular weight is 375 g/mol. The lowest BCUT2D eigenvalue weighted by Crippen LogP contribution is -2.04. The highest BCUT2D eigenvalue weighted by Crippen LogP contribution is 2.45. The summed E-state index contributed by atoms with van der Waals surface area (Å²) >= 11 is 0. The normalized spacial score (nSPS) is 12.8. The molecule has 1 heterocycles. The SMILES string of the molecule is CNc1oc(C(C)Cc2ccccc2)c(O)c1-c1cccc(C(F)(F)F)c1. The highest BCUT2D eigenvalue weighted by Gasteiger charge is 2.32. The fourth-order valence-electron chi connectivity index (χ4n) is 3.13. The molecule has 0 saturated heterocycles. The molecule has 0 radical (unpaired) electrons. The lowest BCUT2D eigenvalue weighted by atomic mass is 9.96. The smallest absolute Gasteiger partial charge is 0.416 e. The molecule has 0 aliphatic carbocycles. The number of aromatic hydroxyl groups is 1. The van der Waals surface area contributed by atoms with E-state index in [4.69, 9.17) is 4.42 Å². The van der Waals surface area contributed by atoms with E-state index >= 15 is 0 Å². The van der Waals surface area contributed by atoms with E-state index in [1.807, 2.05) is 37.3 Å². The molecule has 0 bridgehead atoms. The molecule has 3 rings (SSSR count). The molecular formula is C21H20F3NO2. The van der Waals surface area contributed by atoms with E-state index in [2.05, 4.69) is 5.32 Å². The molecular weight excluding hydrogens is 355 g/mol. The van der Waals surface area contributed by atoms with Crippen LogP contribution in [-0.2, 0) is 12.6 Å². The van der Waals surface area contributed by atoms with Gasteiger partial charge in [0, 0.05) is 13.0 Å². The van der Waals surface area contributed by atoms with Gasteiger partial charge in [0.05, 0.1) is 11.1 Å². The molecule has 6 heteroatoms. The van der Waals surface area contributed by atoms with E-state index in [-0.39, 0.29) is 28.7 Å². The third-order valence-electron chi connectivity index (χ3n) is 4.45. The fourth-order valence-corrected chi connectivity index (χ4v) is 3.13. The molecule has 142 valence electrons. The minimum atomic E-state index is -4.46. The van der Waals surface area contributed by atoms with Gasteiger partial charge in [0.25, 0.3) is 0 Å².